The SMILES string of the molecule is CC(C)(C)c1ccc(/C=C2\SC(=S)N(CC(=O)O)C2=O)cc1. The predicted octanol–water partition coefficient (Wildman–Crippen LogP) is 3.27. The van der Waals surface area contributed by atoms with Gasteiger partial charge in [-0.15, -0.1) is 0 Å². The van der Waals surface area contributed by atoms with E-state index in [9.17, 15) is 9.59 Å². The van der Waals surface area contributed by atoms with E-state index in [-0.39, 0.29) is 15.6 Å². The summed E-state index contributed by atoms with van der Waals surface area (Å²) < 4.78 is 0.282. The third-order valence-corrected chi connectivity index (χ3v) is 4.62. The summed E-state index contributed by atoms with van der Waals surface area (Å²) in [6, 6.07) is 7.96. The van der Waals surface area contributed by atoms with Gasteiger partial charge in [-0.1, -0.05) is 69.0 Å². The Kier molecular flexibility index (Phi) is 4.72. The molecule has 1 amide bonds. The van der Waals surface area contributed by atoms with Crippen LogP contribution in [0.4, 0.5) is 0 Å². The Labute approximate surface area is 139 Å². The molecule has 0 unspecified atom stereocenters. The van der Waals surface area contributed by atoms with Crippen LogP contribution >= 0.6 is 24.0 Å². The number of hydrogen-bond acceptors (Lipinski definition) is 4. The molecule has 2 rings (SSSR count). The highest BCUT2D eigenvalue weighted by atomic mass is 32.2. The van der Waals surface area contributed by atoms with Gasteiger partial charge in [0.2, 0.25) is 0 Å². The normalized spacial score (nSPS) is 17.4. The maximum atomic E-state index is 12.2. The third-order valence-electron chi connectivity index (χ3n) is 3.24. The number of hydrogen-bond donors (Lipinski definition) is 1. The molecule has 1 aromatic rings. The Balaban J connectivity index is 2.22. The van der Waals surface area contributed by atoms with Crippen molar-refractivity contribution >= 4 is 46.3 Å². The van der Waals surface area contributed by atoms with Crippen LogP contribution in [0.25, 0.3) is 6.08 Å². The van der Waals surface area contributed by atoms with Gasteiger partial charge in [0.15, 0.2) is 0 Å². The highest BCUT2D eigenvalue weighted by Gasteiger charge is 2.33. The molecule has 0 saturated carbocycles. The van der Waals surface area contributed by atoms with Crippen LogP contribution in [0.15, 0.2) is 29.2 Å². The average molecular weight is 335 g/mol. The molecule has 0 radical (unpaired) electrons. The van der Waals surface area contributed by atoms with E-state index < -0.39 is 12.5 Å². The maximum Gasteiger partial charge on any atom is 0.323 e. The van der Waals surface area contributed by atoms with Crippen molar-refractivity contribution in [3.63, 3.8) is 0 Å². The largest absolute Gasteiger partial charge is 0.480 e. The van der Waals surface area contributed by atoms with E-state index in [0.717, 1.165) is 22.2 Å². The van der Waals surface area contributed by atoms with Gasteiger partial charge in [-0.25, -0.2) is 0 Å². The van der Waals surface area contributed by atoms with E-state index >= 15 is 0 Å². The minimum atomic E-state index is -1.08. The van der Waals surface area contributed by atoms with E-state index in [0.29, 0.717) is 4.91 Å². The Morgan fingerprint density at radius 2 is 1.91 bits per heavy atom. The summed E-state index contributed by atoms with van der Waals surface area (Å²) in [5.41, 5.74) is 2.18. The maximum absolute atomic E-state index is 12.2. The van der Waals surface area contributed by atoms with Crippen LogP contribution < -0.4 is 0 Å². The number of aliphatic carboxylic acids is 1. The third kappa shape index (κ3) is 3.75. The Morgan fingerprint density at radius 3 is 2.41 bits per heavy atom. The molecule has 1 fully saturated rings. The molecule has 0 bridgehead atoms. The van der Waals surface area contributed by atoms with Crippen molar-refractivity contribution in [2.75, 3.05) is 6.54 Å². The first kappa shape index (κ1) is 16.7. The summed E-state index contributed by atoms with van der Waals surface area (Å²) in [7, 11) is 0. The fourth-order valence-electron chi connectivity index (χ4n) is 2.00. The fourth-order valence-corrected chi connectivity index (χ4v) is 3.26. The second-order valence-electron chi connectivity index (χ2n) is 6.03. The molecule has 1 N–H and O–H groups in total. The minimum Gasteiger partial charge on any atom is -0.480 e. The van der Waals surface area contributed by atoms with Crippen LogP contribution in [0.5, 0.6) is 0 Å². The first-order valence-electron chi connectivity index (χ1n) is 6.76. The molecule has 0 aliphatic carbocycles. The van der Waals surface area contributed by atoms with Gasteiger partial charge >= 0.3 is 5.97 Å². The number of benzene rings is 1. The van der Waals surface area contributed by atoms with Gasteiger partial charge in [0.1, 0.15) is 10.9 Å². The summed E-state index contributed by atoms with van der Waals surface area (Å²) in [5, 5.41) is 8.81. The van der Waals surface area contributed by atoms with E-state index in [2.05, 4.69) is 20.8 Å². The number of carbonyl (C=O) groups is 2. The molecule has 116 valence electrons. The van der Waals surface area contributed by atoms with E-state index in [1.165, 1.54) is 5.56 Å². The van der Waals surface area contributed by atoms with Crippen LogP contribution in [0.3, 0.4) is 0 Å². The van der Waals surface area contributed by atoms with Crippen LogP contribution in [-0.2, 0) is 15.0 Å². The lowest BCUT2D eigenvalue weighted by Gasteiger charge is -2.18. The van der Waals surface area contributed by atoms with Crippen LogP contribution in [-0.4, -0.2) is 32.7 Å². The molecular weight excluding hydrogens is 318 g/mol. The standard InChI is InChI=1S/C16H17NO3S2/c1-16(2,3)11-6-4-10(5-7-11)8-12-14(20)17(9-13(18)19)15(21)22-12/h4-8H,9H2,1-3H3,(H,18,19)/b12-8-. The lowest BCUT2D eigenvalue weighted by Crippen LogP contribution is -2.33. The van der Waals surface area contributed by atoms with Gasteiger partial charge in [-0.2, -0.15) is 0 Å². The first-order chi connectivity index (χ1) is 10.2. The van der Waals surface area contributed by atoms with Crippen LogP contribution in [0, 0.1) is 0 Å². The summed E-state index contributed by atoms with van der Waals surface area (Å²) >= 11 is 6.20. The van der Waals surface area contributed by atoms with Crippen molar-refractivity contribution in [3.8, 4) is 0 Å². The number of carboxylic acids is 1. The minimum absolute atomic E-state index is 0.0729. The molecule has 1 heterocycles. The molecular formula is C16H17NO3S2. The van der Waals surface area contributed by atoms with Crippen molar-refractivity contribution in [2.45, 2.75) is 26.2 Å². The summed E-state index contributed by atoms with van der Waals surface area (Å²) in [4.78, 5) is 24.5. The monoisotopic (exact) mass is 335 g/mol. The Morgan fingerprint density at radius 1 is 1.32 bits per heavy atom. The quantitative estimate of drug-likeness (QED) is 0.679. The molecule has 0 aromatic heterocycles. The van der Waals surface area contributed by atoms with E-state index in [1.807, 2.05) is 24.3 Å². The highest BCUT2D eigenvalue weighted by Crippen LogP contribution is 2.32. The molecule has 0 atom stereocenters. The molecule has 6 heteroatoms. The number of carboxylic acid groups (broad SMARTS) is 1. The van der Waals surface area contributed by atoms with Crippen LogP contribution in [0.1, 0.15) is 31.9 Å². The van der Waals surface area contributed by atoms with Crippen molar-refractivity contribution in [1.82, 2.24) is 4.90 Å². The molecule has 4 nitrogen and oxygen atoms in total. The Bertz CT molecular complexity index is 657. The lowest BCUT2D eigenvalue weighted by molar-refractivity contribution is -0.140. The number of carbonyl (C=O) groups excluding carboxylic acids is 1. The average Bonchev–Trinajstić information content (AvgIpc) is 2.66. The van der Waals surface area contributed by atoms with Crippen LogP contribution in [0.2, 0.25) is 0 Å². The topological polar surface area (TPSA) is 57.6 Å². The summed E-state index contributed by atoms with van der Waals surface area (Å²) in [6.45, 7) is 6.02. The van der Waals surface area contributed by atoms with Gasteiger partial charge in [0.05, 0.1) is 4.91 Å². The second kappa shape index (κ2) is 6.22. The van der Waals surface area contributed by atoms with Crippen molar-refractivity contribution in [3.05, 3.63) is 40.3 Å². The fraction of sp³-hybridized carbons (Fsp3) is 0.312. The molecule has 1 aromatic carbocycles. The zero-order valence-electron chi connectivity index (χ0n) is 12.6. The van der Waals surface area contributed by atoms with E-state index in [1.54, 1.807) is 6.08 Å². The summed E-state index contributed by atoms with van der Waals surface area (Å²) in [6.07, 6.45) is 1.74. The smallest absolute Gasteiger partial charge is 0.323 e. The van der Waals surface area contributed by atoms with Gasteiger partial charge in [-0.3, -0.25) is 14.5 Å². The number of amides is 1. The highest BCUT2D eigenvalue weighted by molar-refractivity contribution is 8.26. The lowest BCUT2D eigenvalue weighted by atomic mass is 9.87. The van der Waals surface area contributed by atoms with Crippen molar-refractivity contribution in [1.29, 1.82) is 0 Å². The van der Waals surface area contributed by atoms with Gasteiger partial charge < -0.3 is 5.11 Å². The number of nitrogens with zero attached hydrogens (tertiary/aromatic N) is 1. The first-order valence-corrected chi connectivity index (χ1v) is 7.98. The van der Waals surface area contributed by atoms with Crippen molar-refractivity contribution < 1.29 is 14.7 Å². The van der Waals surface area contributed by atoms with Gasteiger partial charge in [0.25, 0.3) is 5.91 Å². The number of rotatable bonds is 3. The second-order valence-corrected chi connectivity index (χ2v) is 7.71. The number of thiocarbonyl (C=S) groups is 1. The van der Waals surface area contributed by atoms with Gasteiger partial charge in [-0.05, 0) is 22.6 Å². The van der Waals surface area contributed by atoms with E-state index in [4.69, 9.17) is 17.3 Å². The zero-order chi connectivity index (χ0) is 16.5. The predicted molar refractivity (Wildman–Crippen MR) is 92.7 cm³/mol. The number of thioether (sulfide) groups is 1. The molecule has 1 saturated heterocycles. The molecule has 0 spiro atoms. The molecule has 22 heavy (non-hydrogen) atoms. The molecule has 1 aliphatic rings. The molecule has 1 aliphatic heterocycles. The van der Waals surface area contributed by atoms with Gasteiger partial charge in [0, 0.05) is 0 Å². The zero-order valence-corrected chi connectivity index (χ0v) is 14.3. The summed E-state index contributed by atoms with van der Waals surface area (Å²) in [5.74, 6) is -1.43. The Hall–Kier alpha value is -1.66. The van der Waals surface area contributed by atoms with Crippen molar-refractivity contribution in [2.24, 2.45) is 0 Å².